The summed E-state index contributed by atoms with van der Waals surface area (Å²) in [6, 6.07) is 11.3. The first kappa shape index (κ1) is 11.1. The minimum atomic E-state index is -0.186. The standard InChI is InChI=1S/C13H13N3O/c14-12-9-15-7-6-11(12)13(17)16-8-10-4-2-1-3-5-10/h1-7,9H,8,14H2,(H,16,17). The molecule has 0 aliphatic heterocycles. The van der Waals surface area contributed by atoms with Crippen molar-refractivity contribution in [3.8, 4) is 0 Å². The summed E-state index contributed by atoms with van der Waals surface area (Å²) in [5, 5.41) is 2.81. The van der Waals surface area contributed by atoms with Crippen molar-refractivity contribution in [2.24, 2.45) is 0 Å². The smallest absolute Gasteiger partial charge is 0.253 e. The molecule has 0 aliphatic rings. The highest BCUT2D eigenvalue weighted by Crippen LogP contribution is 2.08. The predicted molar refractivity (Wildman–Crippen MR) is 66.3 cm³/mol. The highest BCUT2D eigenvalue weighted by molar-refractivity contribution is 5.98. The summed E-state index contributed by atoms with van der Waals surface area (Å²) >= 11 is 0. The molecular weight excluding hydrogens is 214 g/mol. The molecule has 0 fully saturated rings. The molecule has 0 saturated carbocycles. The van der Waals surface area contributed by atoms with E-state index in [9.17, 15) is 4.79 Å². The number of rotatable bonds is 3. The van der Waals surface area contributed by atoms with Crippen molar-refractivity contribution in [1.29, 1.82) is 0 Å². The fourth-order valence-electron chi connectivity index (χ4n) is 1.49. The van der Waals surface area contributed by atoms with Gasteiger partial charge in [-0.25, -0.2) is 0 Å². The maximum Gasteiger partial charge on any atom is 0.253 e. The van der Waals surface area contributed by atoms with Crippen LogP contribution in [-0.2, 0) is 6.54 Å². The van der Waals surface area contributed by atoms with E-state index in [0.29, 0.717) is 17.8 Å². The van der Waals surface area contributed by atoms with Crippen LogP contribution < -0.4 is 11.1 Å². The Balaban J connectivity index is 2.01. The molecule has 0 bridgehead atoms. The Bertz CT molecular complexity index is 511. The van der Waals surface area contributed by atoms with Crippen molar-refractivity contribution in [2.45, 2.75) is 6.54 Å². The number of nitrogens with zero attached hydrogens (tertiary/aromatic N) is 1. The number of anilines is 1. The second-order valence-electron chi connectivity index (χ2n) is 3.63. The first-order chi connectivity index (χ1) is 8.27. The molecule has 17 heavy (non-hydrogen) atoms. The molecule has 3 N–H and O–H groups in total. The fourth-order valence-corrected chi connectivity index (χ4v) is 1.49. The van der Waals surface area contributed by atoms with Gasteiger partial charge in [0, 0.05) is 12.7 Å². The molecule has 1 aromatic carbocycles. The molecule has 4 nitrogen and oxygen atoms in total. The minimum Gasteiger partial charge on any atom is -0.397 e. The van der Waals surface area contributed by atoms with Gasteiger partial charge in [0.1, 0.15) is 0 Å². The summed E-state index contributed by atoms with van der Waals surface area (Å²) < 4.78 is 0. The number of aromatic nitrogens is 1. The number of carbonyl (C=O) groups is 1. The number of hydrogen-bond donors (Lipinski definition) is 2. The van der Waals surface area contributed by atoms with Gasteiger partial charge in [-0.15, -0.1) is 0 Å². The maximum absolute atomic E-state index is 11.8. The molecule has 86 valence electrons. The molecule has 0 spiro atoms. The van der Waals surface area contributed by atoms with Gasteiger partial charge in [-0.2, -0.15) is 0 Å². The van der Waals surface area contributed by atoms with Crippen LogP contribution in [0.3, 0.4) is 0 Å². The molecule has 1 amide bonds. The van der Waals surface area contributed by atoms with Crippen molar-refractivity contribution in [2.75, 3.05) is 5.73 Å². The second-order valence-corrected chi connectivity index (χ2v) is 3.63. The highest BCUT2D eigenvalue weighted by atomic mass is 16.1. The van der Waals surface area contributed by atoms with Crippen LogP contribution in [0, 0.1) is 0 Å². The Labute approximate surface area is 99.5 Å². The first-order valence-electron chi connectivity index (χ1n) is 5.29. The summed E-state index contributed by atoms with van der Waals surface area (Å²) in [7, 11) is 0. The number of nitrogen functional groups attached to an aromatic ring is 1. The monoisotopic (exact) mass is 227 g/mol. The van der Waals surface area contributed by atoms with Crippen LogP contribution in [0.4, 0.5) is 5.69 Å². The molecule has 0 aliphatic carbocycles. The van der Waals surface area contributed by atoms with E-state index in [0.717, 1.165) is 5.56 Å². The van der Waals surface area contributed by atoms with Crippen LogP contribution >= 0.6 is 0 Å². The summed E-state index contributed by atoms with van der Waals surface area (Å²) in [6.45, 7) is 0.488. The van der Waals surface area contributed by atoms with E-state index in [1.165, 1.54) is 6.20 Å². The van der Waals surface area contributed by atoms with Crippen LogP contribution in [0.15, 0.2) is 48.8 Å². The van der Waals surface area contributed by atoms with Gasteiger partial charge in [-0.1, -0.05) is 30.3 Å². The summed E-state index contributed by atoms with van der Waals surface area (Å²) in [5.74, 6) is -0.186. The predicted octanol–water partition coefficient (Wildman–Crippen LogP) is 1.59. The largest absolute Gasteiger partial charge is 0.397 e. The van der Waals surface area contributed by atoms with Gasteiger partial charge in [0.15, 0.2) is 0 Å². The van der Waals surface area contributed by atoms with E-state index in [2.05, 4.69) is 10.3 Å². The third-order valence-electron chi connectivity index (χ3n) is 2.39. The average Bonchev–Trinajstić information content (AvgIpc) is 2.38. The molecule has 0 atom stereocenters. The topological polar surface area (TPSA) is 68.0 Å². The number of nitrogens with two attached hydrogens (primary N) is 1. The minimum absolute atomic E-state index is 0.186. The van der Waals surface area contributed by atoms with Gasteiger partial charge in [0.2, 0.25) is 0 Å². The van der Waals surface area contributed by atoms with E-state index >= 15 is 0 Å². The van der Waals surface area contributed by atoms with Crippen LogP contribution in [-0.4, -0.2) is 10.9 Å². The molecule has 0 radical (unpaired) electrons. The Hall–Kier alpha value is -2.36. The second kappa shape index (κ2) is 5.12. The highest BCUT2D eigenvalue weighted by Gasteiger charge is 2.08. The average molecular weight is 227 g/mol. The van der Waals surface area contributed by atoms with Crippen LogP contribution in [0.5, 0.6) is 0 Å². The lowest BCUT2D eigenvalue weighted by Crippen LogP contribution is -2.23. The molecule has 4 heteroatoms. The Morgan fingerprint density at radius 2 is 2.00 bits per heavy atom. The van der Waals surface area contributed by atoms with Crippen molar-refractivity contribution < 1.29 is 4.79 Å². The number of pyridine rings is 1. The fraction of sp³-hybridized carbons (Fsp3) is 0.0769. The van der Waals surface area contributed by atoms with Gasteiger partial charge in [-0.3, -0.25) is 9.78 Å². The molecule has 0 unspecified atom stereocenters. The Kier molecular flexibility index (Phi) is 3.35. The quantitative estimate of drug-likeness (QED) is 0.836. The molecule has 2 rings (SSSR count). The van der Waals surface area contributed by atoms with Crippen LogP contribution in [0.2, 0.25) is 0 Å². The zero-order valence-corrected chi connectivity index (χ0v) is 9.26. The van der Waals surface area contributed by atoms with Crippen molar-refractivity contribution in [3.63, 3.8) is 0 Å². The summed E-state index contributed by atoms with van der Waals surface area (Å²) in [5.41, 5.74) is 7.56. The number of nitrogens with one attached hydrogen (secondary N) is 1. The Morgan fingerprint density at radius 1 is 1.24 bits per heavy atom. The molecule has 1 heterocycles. The lowest BCUT2D eigenvalue weighted by Gasteiger charge is -2.06. The zero-order chi connectivity index (χ0) is 12.1. The molecular formula is C13H13N3O. The van der Waals surface area contributed by atoms with E-state index in [-0.39, 0.29) is 5.91 Å². The molecule has 2 aromatic rings. The van der Waals surface area contributed by atoms with Gasteiger partial charge < -0.3 is 11.1 Å². The maximum atomic E-state index is 11.8. The lowest BCUT2D eigenvalue weighted by molar-refractivity contribution is 0.0951. The van der Waals surface area contributed by atoms with Crippen LogP contribution in [0.25, 0.3) is 0 Å². The van der Waals surface area contributed by atoms with Gasteiger partial charge in [-0.05, 0) is 11.6 Å². The van der Waals surface area contributed by atoms with Crippen molar-refractivity contribution in [3.05, 3.63) is 59.9 Å². The Morgan fingerprint density at radius 3 is 2.71 bits per heavy atom. The third-order valence-corrected chi connectivity index (χ3v) is 2.39. The number of benzene rings is 1. The first-order valence-corrected chi connectivity index (χ1v) is 5.29. The van der Waals surface area contributed by atoms with Gasteiger partial charge in [0.25, 0.3) is 5.91 Å². The van der Waals surface area contributed by atoms with E-state index in [1.807, 2.05) is 30.3 Å². The van der Waals surface area contributed by atoms with E-state index in [1.54, 1.807) is 12.3 Å². The third kappa shape index (κ3) is 2.81. The van der Waals surface area contributed by atoms with Crippen LogP contribution in [0.1, 0.15) is 15.9 Å². The summed E-state index contributed by atoms with van der Waals surface area (Å²) in [6.07, 6.45) is 3.02. The summed E-state index contributed by atoms with van der Waals surface area (Å²) in [4.78, 5) is 15.7. The van der Waals surface area contributed by atoms with Crippen molar-refractivity contribution >= 4 is 11.6 Å². The molecule has 1 aromatic heterocycles. The lowest BCUT2D eigenvalue weighted by atomic mass is 10.2. The molecule has 0 saturated heterocycles. The SMILES string of the molecule is Nc1cnccc1C(=O)NCc1ccccc1. The number of amides is 1. The van der Waals surface area contributed by atoms with Gasteiger partial charge in [0.05, 0.1) is 17.4 Å². The number of carbonyl (C=O) groups excluding carboxylic acids is 1. The van der Waals surface area contributed by atoms with E-state index < -0.39 is 0 Å². The number of hydrogen-bond acceptors (Lipinski definition) is 3. The van der Waals surface area contributed by atoms with E-state index in [4.69, 9.17) is 5.73 Å². The van der Waals surface area contributed by atoms with Crippen molar-refractivity contribution in [1.82, 2.24) is 10.3 Å². The normalized spacial score (nSPS) is 9.88. The zero-order valence-electron chi connectivity index (χ0n) is 9.26. The van der Waals surface area contributed by atoms with Gasteiger partial charge >= 0.3 is 0 Å².